The normalized spacial score (nSPS) is 20.7. The number of halogens is 1. The van der Waals surface area contributed by atoms with E-state index in [1.807, 2.05) is 30.3 Å². The van der Waals surface area contributed by atoms with Gasteiger partial charge < -0.3 is 10.2 Å². The zero-order chi connectivity index (χ0) is 15.1. The number of rotatable bonds is 6. The molecule has 4 nitrogen and oxygen atoms in total. The number of aliphatic hydroxyl groups is 1. The molecule has 1 aliphatic rings. The fraction of sp³-hybridized carbons (Fsp3) is 0.588. The van der Waals surface area contributed by atoms with Crippen LogP contribution in [0.4, 0.5) is 0 Å². The van der Waals surface area contributed by atoms with E-state index in [9.17, 15) is 9.90 Å². The van der Waals surface area contributed by atoms with Crippen molar-refractivity contribution < 1.29 is 15.0 Å². The van der Waals surface area contributed by atoms with Crippen molar-refractivity contribution in [1.29, 1.82) is 0 Å². The lowest BCUT2D eigenvalue weighted by Crippen LogP contribution is -2.37. The van der Waals surface area contributed by atoms with E-state index in [0.29, 0.717) is 13.0 Å². The Labute approximate surface area is 138 Å². The molecule has 2 rings (SSSR count). The Bertz CT molecular complexity index is 441. The highest BCUT2D eigenvalue weighted by Gasteiger charge is 2.24. The van der Waals surface area contributed by atoms with Gasteiger partial charge in [-0.25, -0.2) is 0 Å². The predicted molar refractivity (Wildman–Crippen MR) is 89.3 cm³/mol. The first-order valence-electron chi connectivity index (χ1n) is 7.85. The van der Waals surface area contributed by atoms with Gasteiger partial charge in [0, 0.05) is 12.6 Å². The molecule has 0 spiro atoms. The molecule has 22 heavy (non-hydrogen) atoms. The van der Waals surface area contributed by atoms with Crippen molar-refractivity contribution in [2.45, 2.75) is 50.7 Å². The number of hydrogen-bond acceptors (Lipinski definition) is 3. The van der Waals surface area contributed by atoms with E-state index >= 15 is 0 Å². The Kier molecular flexibility index (Phi) is 8.46. The minimum absolute atomic E-state index is 0. The first-order chi connectivity index (χ1) is 10.2. The van der Waals surface area contributed by atoms with Crippen molar-refractivity contribution in [3.05, 3.63) is 35.9 Å². The van der Waals surface area contributed by atoms with Gasteiger partial charge in [-0.2, -0.15) is 0 Å². The average Bonchev–Trinajstić information content (AvgIpc) is 2.71. The maximum Gasteiger partial charge on any atom is 0.304 e. The van der Waals surface area contributed by atoms with Gasteiger partial charge in [-0.3, -0.25) is 9.69 Å². The van der Waals surface area contributed by atoms with Crippen molar-refractivity contribution >= 4 is 18.4 Å². The maximum absolute atomic E-state index is 10.8. The van der Waals surface area contributed by atoms with Gasteiger partial charge in [0.1, 0.15) is 0 Å². The van der Waals surface area contributed by atoms with E-state index in [4.69, 9.17) is 5.11 Å². The van der Waals surface area contributed by atoms with Gasteiger partial charge in [-0.05, 0) is 31.4 Å². The molecule has 1 aromatic carbocycles. The monoisotopic (exact) mass is 327 g/mol. The largest absolute Gasteiger partial charge is 0.481 e. The van der Waals surface area contributed by atoms with Crippen LogP contribution in [0.15, 0.2) is 30.3 Å². The van der Waals surface area contributed by atoms with Crippen LogP contribution in [0.25, 0.3) is 0 Å². The summed E-state index contributed by atoms with van der Waals surface area (Å²) in [7, 11) is 0. The fourth-order valence-corrected chi connectivity index (χ4v) is 3.11. The Hall–Kier alpha value is -1.10. The Morgan fingerprint density at radius 1 is 1.23 bits per heavy atom. The number of carboxylic acids is 1. The molecule has 0 radical (unpaired) electrons. The van der Waals surface area contributed by atoms with Crippen LogP contribution in [0.1, 0.15) is 50.2 Å². The number of likely N-dealkylation sites (tertiary alicyclic amines) is 1. The maximum atomic E-state index is 10.8. The first kappa shape index (κ1) is 18.9. The number of carbonyl (C=O) groups is 1. The molecule has 1 heterocycles. The summed E-state index contributed by atoms with van der Waals surface area (Å²) < 4.78 is 0. The molecule has 0 bridgehead atoms. The third-order valence-corrected chi connectivity index (χ3v) is 4.29. The number of benzene rings is 1. The molecule has 1 fully saturated rings. The molecule has 2 N–H and O–H groups in total. The third-order valence-electron chi connectivity index (χ3n) is 4.29. The highest BCUT2D eigenvalue weighted by Crippen LogP contribution is 2.26. The number of hydrogen-bond donors (Lipinski definition) is 2. The summed E-state index contributed by atoms with van der Waals surface area (Å²) in [5.41, 5.74) is 0.944. The van der Waals surface area contributed by atoms with Crippen LogP contribution < -0.4 is 0 Å². The van der Waals surface area contributed by atoms with Gasteiger partial charge in [0.05, 0.1) is 12.5 Å². The van der Waals surface area contributed by atoms with Gasteiger partial charge in [0.15, 0.2) is 0 Å². The van der Waals surface area contributed by atoms with Crippen molar-refractivity contribution in [3.8, 4) is 0 Å². The third kappa shape index (κ3) is 5.95. The summed E-state index contributed by atoms with van der Waals surface area (Å²) in [6.45, 7) is 1.53. The van der Waals surface area contributed by atoms with Crippen LogP contribution in [0, 0.1) is 0 Å². The smallest absolute Gasteiger partial charge is 0.304 e. The highest BCUT2D eigenvalue weighted by molar-refractivity contribution is 5.85. The molecule has 5 heteroatoms. The molecule has 1 aromatic rings. The Morgan fingerprint density at radius 2 is 1.95 bits per heavy atom. The lowest BCUT2D eigenvalue weighted by molar-refractivity contribution is -0.137. The van der Waals surface area contributed by atoms with Crippen LogP contribution in [0.2, 0.25) is 0 Å². The van der Waals surface area contributed by atoms with Crippen LogP contribution in [-0.4, -0.2) is 40.2 Å². The average molecular weight is 328 g/mol. The number of nitrogens with zero attached hydrogens (tertiary/aromatic N) is 1. The molecular weight excluding hydrogens is 302 g/mol. The molecule has 0 aliphatic carbocycles. The summed E-state index contributed by atoms with van der Waals surface area (Å²) in [6.07, 6.45) is 4.92. The SMILES string of the molecule is Cl.O=C(O)CCN1CCCCCC1CC(O)c1ccccc1. The van der Waals surface area contributed by atoms with E-state index in [-0.39, 0.29) is 24.9 Å². The van der Waals surface area contributed by atoms with Crippen molar-refractivity contribution in [2.24, 2.45) is 0 Å². The molecule has 1 aliphatic heterocycles. The van der Waals surface area contributed by atoms with Crippen LogP contribution in [0.5, 0.6) is 0 Å². The first-order valence-corrected chi connectivity index (χ1v) is 7.85. The lowest BCUT2D eigenvalue weighted by atomic mass is 9.98. The van der Waals surface area contributed by atoms with Crippen LogP contribution in [0.3, 0.4) is 0 Å². The van der Waals surface area contributed by atoms with Crippen molar-refractivity contribution in [2.75, 3.05) is 13.1 Å². The second-order valence-electron chi connectivity index (χ2n) is 5.85. The Balaban J connectivity index is 0.00000242. The molecule has 2 atom stereocenters. The van der Waals surface area contributed by atoms with Crippen molar-refractivity contribution in [3.63, 3.8) is 0 Å². The van der Waals surface area contributed by atoms with E-state index in [2.05, 4.69) is 4.90 Å². The zero-order valence-corrected chi connectivity index (χ0v) is 13.7. The van der Waals surface area contributed by atoms with Gasteiger partial charge in [0.2, 0.25) is 0 Å². The van der Waals surface area contributed by atoms with Gasteiger partial charge in [-0.15, -0.1) is 12.4 Å². The second kappa shape index (κ2) is 9.82. The zero-order valence-electron chi connectivity index (χ0n) is 12.9. The molecule has 0 amide bonds. The summed E-state index contributed by atoms with van der Waals surface area (Å²) in [5, 5.41) is 19.3. The molecule has 1 saturated heterocycles. The van der Waals surface area contributed by atoms with Crippen LogP contribution in [-0.2, 0) is 4.79 Å². The van der Waals surface area contributed by atoms with E-state index < -0.39 is 12.1 Å². The number of aliphatic carboxylic acids is 1. The molecule has 0 aromatic heterocycles. The standard InChI is InChI=1S/C17H25NO3.ClH/c19-16(14-7-3-1-4-8-14)13-15-9-5-2-6-11-18(15)12-10-17(20)21;/h1,3-4,7-8,15-16,19H,2,5-6,9-13H2,(H,20,21);1H. The van der Waals surface area contributed by atoms with Gasteiger partial charge in [0.25, 0.3) is 0 Å². The number of aliphatic hydroxyl groups excluding tert-OH is 1. The van der Waals surface area contributed by atoms with E-state index in [0.717, 1.165) is 31.4 Å². The van der Waals surface area contributed by atoms with Gasteiger partial charge >= 0.3 is 5.97 Å². The molecule has 0 saturated carbocycles. The molecule has 2 unspecified atom stereocenters. The summed E-state index contributed by atoms with van der Waals surface area (Å²) >= 11 is 0. The minimum Gasteiger partial charge on any atom is -0.481 e. The fourth-order valence-electron chi connectivity index (χ4n) is 3.11. The van der Waals surface area contributed by atoms with E-state index in [1.54, 1.807) is 0 Å². The Morgan fingerprint density at radius 3 is 2.64 bits per heavy atom. The van der Waals surface area contributed by atoms with Crippen molar-refractivity contribution in [1.82, 2.24) is 4.90 Å². The summed E-state index contributed by atoms with van der Waals surface area (Å²) in [5.74, 6) is -0.749. The lowest BCUT2D eigenvalue weighted by Gasteiger charge is -2.31. The highest BCUT2D eigenvalue weighted by atomic mass is 35.5. The minimum atomic E-state index is -0.749. The molecular formula is C17H26ClNO3. The van der Waals surface area contributed by atoms with Crippen LogP contribution >= 0.6 is 12.4 Å². The van der Waals surface area contributed by atoms with Gasteiger partial charge in [-0.1, -0.05) is 43.2 Å². The topological polar surface area (TPSA) is 60.8 Å². The van der Waals surface area contributed by atoms with E-state index in [1.165, 1.54) is 6.42 Å². The summed E-state index contributed by atoms with van der Waals surface area (Å²) in [4.78, 5) is 13.1. The number of carboxylic acid groups (broad SMARTS) is 1. The predicted octanol–water partition coefficient (Wildman–Crippen LogP) is 3.25. The quantitative estimate of drug-likeness (QED) is 0.842. The second-order valence-corrected chi connectivity index (χ2v) is 5.85. The molecule has 124 valence electrons. The summed E-state index contributed by atoms with van der Waals surface area (Å²) in [6, 6.07) is 10.00.